The van der Waals surface area contributed by atoms with E-state index in [2.05, 4.69) is 0 Å². The molecule has 0 aliphatic rings. The van der Waals surface area contributed by atoms with E-state index in [9.17, 15) is 9.59 Å². The lowest BCUT2D eigenvalue weighted by molar-refractivity contribution is -0.131. The average molecular weight is 306 g/mol. The van der Waals surface area contributed by atoms with Gasteiger partial charge in [-0.3, -0.25) is 9.59 Å². The second-order valence-electron chi connectivity index (χ2n) is 4.23. The Hall–Kier alpha value is -0.963. The molecular formula is C12H26N2O5Si. The Morgan fingerprint density at radius 2 is 1.35 bits per heavy atom. The van der Waals surface area contributed by atoms with Crippen molar-refractivity contribution >= 4 is 20.6 Å². The van der Waals surface area contributed by atoms with Crippen LogP contribution in [-0.4, -0.2) is 40.4 Å². The van der Waals surface area contributed by atoms with E-state index < -0.39 is 26.5 Å². The number of carbonyl (C=O) groups excluding carboxylic acids is 2. The zero-order chi connectivity index (χ0) is 15.6. The average Bonchev–Trinajstić information content (AvgIpc) is 2.34. The van der Waals surface area contributed by atoms with Crippen LogP contribution < -0.4 is 11.5 Å². The number of hydrogen-bond donors (Lipinski definition) is 2. The molecule has 20 heavy (non-hydrogen) atoms. The molecule has 0 spiro atoms. The fourth-order valence-electron chi connectivity index (χ4n) is 1.95. The summed E-state index contributed by atoms with van der Waals surface area (Å²) < 4.78 is 17.0. The van der Waals surface area contributed by atoms with Crippen LogP contribution in [0.2, 0.25) is 6.04 Å². The second kappa shape index (κ2) is 9.86. The third-order valence-corrected chi connectivity index (χ3v) is 5.91. The third kappa shape index (κ3) is 6.46. The molecule has 0 aliphatic carbocycles. The van der Waals surface area contributed by atoms with E-state index in [0.29, 0.717) is 32.3 Å². The van der Waals surface area contributed by atoms with Crippen molar-refractivity contribution in [2.75, 3.05) is 19.8 Å². The highest BCUT2D eigenvalue weighted by atomic mass is 28.4. The minimum Gasteiger partial charge on any atom is -0.374 e. The maximum Gasteiger partial charge on any atom is 0.500 e. The summed E-state index contributed by atoms with van der Waals surface area (Å²) in [6.07, 6.45) is 0.815. The minimum absolute atomic E-state index is 0.284. The topological polar surface area (TPSA) is 114 Å². The van der Waals surface area contributed by atoms with Crippen molar-refractivity contribution in [1.82, 2.24) is 0 Å². The van der Waals surface area contributed by atoms with Gasteiger partial charge in [-0.25, -0.2) is 0 Å². The van der Waals surface area contributed by atoms with Gasteiger partial charge in [0.05, 0.1) is 0 Å². The monoisotopic (exact) mass is 306 g/mol. The Labute approximate surface area is 121 Å². The number of carbonyl (C=O) groups is 2. The van der Waals surface area contributed by atoms with Gasteiger partial charge in [0.25, 0.3) is 0 Å². The Kier molecular flexibility index (Phi) is 9.39. The van der Waals surface area contributed by atoms with Crippen molar-refractivity contribution in [3.8, 4) is 0 Å². The number of nitrogens with two attached hydrogens (primary N) is 2. The second-order valence-corrected chi connectivity index (χ2v) is 6.96. The molecule has 7 nitrogen and oxygen atoms in total. The molecule has 0 aliphatic heterocycles. The maximum atomic E-state index is 11.1. The van der Waals surface area contributed by atoms with Crippen molar-refractivity contribution < 1.29 is 22.9 Å². The Morgan fingerprint density at radius 1 is 0.950 bits per heavy atom. The molecular weight excluding hydrogens is 280 g/mol. The molecule has 0 bridgehead atoms. The normalized spacial score (nSPS) is 11.8. The van der Waals surface area contributed by atoms with Crippen molar-refractivity contribution in [2.45, 2.75) is 39.7 Å². The van der Waals surface area contributed by atoms with Crippen LogP contribution in [0.1, 0.15) is 33.6 Å². The smallest absolute Gasteiger partial charge is 0.374 e. The zero-order valence-electron chi connectivity index (χ0n) is 12.5. The lowest BCUT2D eigenvalue weighted by Gasteiger charge is -2.28. The fraction of sp³-hybridized carbons (Fsp3) is 0.833. The van der Waals surface area contributed by atoms with Crippen LogP contribution in [0.4, 0.5) is 0 Å². The highest BCUT2D eigenvalue weighted by molar-refractivity contribution is 6.60. The van der Waals surface area contributed by atoms with Crippen molar-refractivity contribution in [3.05, 3.63) is 0 Å². The van der Waals surface area contributed by atoms with Gasteiger partial charge < -0.3 is 24.7 Å². The number of amides is 2. The Balaban J connectivity index is 4.58. The Morgan fingerprint density at radius 3 is 1.65 bits per heavy atom. The van der Waals surface area contributed by atoms with Crippen LogP contribution in [0.5, 0.6) is 0 Å². The van der Waals surface area contributed by atoms with Gasteiger partial charge in [-0.1, -0.05) is 0 Å². The van der Waals surface area contributed by atoms with Crippen molar-refractivity contribution in [3.63, 3.8) is 0 Å². The first-order valence-corrected chi connectivity index (χ1v) is 8.86. The molecule has 0 radical (unpaired) electrons. The van der Waals surface area contributed by atoms with Gasteiger partial charge in [0.15, 0.2) is 0 Å². The third-order valence-electron chi connectivity index (χ3n) is 2.76. The van der Waals surface area contributed by atoms with Crippen LogP contribution in [0, 0.1) is 5.92 Å². The first kappa shape index (κ1) is 19.0. The summed E-state index contributed by atoms with van der Waals surface area (Å²) in [4.78, 5) is 22.2. The van der Waals surface area contributed by atoms with Crippen LogP contribution in [0.15, 0.2) is 0 Å². The van der Waals surface area contributed by atoms with E-state index in [1.165, 1.54) is 0 Å². The Bertz CT molecular complexity index is 283. The molecule has 0 heterocycles. The molecule has 0 saturated carbocycles. The first-order chi connectivity index (χ1) is 9.42. The van der Waals surface area contributed by atoms with E-state index in [-0.39, 0.29) is 6.42 Å². The zero-order valence-corrected chi connectivity index (χ0v) is 13.5. The highest BCUT2D eigenvalue weighted by Crippen LogP contribution is 2.21. The molecule has 0 saturated heterocycles. The molecule has 0 aromatic rings. The molecule has 0 aromatic carbocycles. The first-order valence-electron chi connectivity index (χ1n) is 6.92. The SMILES string of the molecule is CCO[Si](CCCC(C(N)=O)C(N)=O)(OCC)OCC. The van der Waals surface area contributed by atoms with Gasteiger partial charge in [0.2, 0.25) is 11.8 Å². The molecule has 2 amide bonds. The summed E-state index contributed by atoms with van der Waals surface area (Å²) in [7, 11) is -2.74. The number of rotatable bonds is 12. The van der Waals surface area contributed by atoms with Gasteiger partial charge >= 0.3 is 8.80 Å². The molecule has 0 fully saturated rings. The number of primary amides is 2. The van der Waals surface area contributed by atoms with Crippen LogP contribution in [0.3, 0.4) is 0 Å². The molecule has 0 rings (SSSR count). The van der Waals surface area contributed by atoms with Gasteiger partial charge in [-0.05, 0) is 33.6 Å². The van der Waals surface area contributed by atoms with Crippen molar-refractivity contribution in [2.24, 2.45) is 17.4 Å². The van der Waals surface area contributed by atoms with E-state index >= 15 is 0 Å². The predicted octanol–water partition coefficient (Wildman–Crippen LogP) is 0.402. The van der Waals surface area contributed by atoms with Crippen LogP contribution >= 0.6 is 0 Å². The molecule has 4 N–H and O–H groups in total. The molecule has 0 aromatic heterocycles. The van der Waals surface area contributed by atoms with E-state index in [1.54, 1.807) is 0 Å². The summed E-state index contributed by atoms with van der Waals surface area (Å²) in [5.74, 6) is -2.35. The summed E-state index contributed by atoms with van der Waals surface area (Å²) in [5.41, 5.74) is 10.3. The standard InChI is InChI=1S/C12H26N2O5Si/c1-4-17-20(18-5-2,19-6-3)9-7-8-10(11(13)15)12(14)16/h10H,4-9H2,1-3H3,(H2,13,15)(H2,14,16). The summed E-state index contributed by atoms with van der Waals surface area (Å²) in [6, 6.07) is 0.527. The highest BCUT2D eigenvalue weighted by Gasteiger charge is 2.40. The van der Waals surface area contributed by atoms with E-state index in [0.717, 1.165) is 0 Å². The predicted molar refractivity (Wildman–Crippen MR) is 76.6 cm³/mol. The summed E-state index contributed by atoms with van der Waals surface area (Å²) in [5, 5.41) is 0. The minimum atomic E-state index is -2.74. The maximum absolute atomic E-state index is 11.1. The van der Waals surface area contributed by atoms with Crippen LogP contribution in [-0.2, 0) is 22.9 Å². The molecule has 0 unspecified atom stereocenters. The number of hydrogen-bond acceptors (Lipinski definition) is 5. The van der Waals surface area contributed by atoms with Gasteiger partial charge in [-0.15, -0.1) is 0 Å². The van der Waals surface area contributed by atoms with Gasteiger partial charge in [0, 0.05) is 25.9 Å². The fourth-order valence-corrected chi connectivity index (χ4v) is 4.59. The van der Waals surface area contributed by atoms with Crippen LogP contribution in [0.25, 0.3) is 0 Å². The molecule has 0 atom stereocenters. The lowest BCUT2D eigenvalue weighted by Crippen LogP contribution is -2.46. The summed E-state index contributed by atoms with van der Waals surface area (Å²) in [6.45, 7) is 7.07. The van der Waals surface area contributed by atoms with Gasteiger partial charge in [0.1, 0.15) is 5.92 Å². The molecule has 8 heteroatoms. The van der Waals surface area contributed by atoms with E-state index in [1.807, 2.05) is 20.8 Å². The largest absolute Gasteiger partial charge is 0.500 e. The lowest BCUT2D eigenvalue weighted by atomic mass is 10.0. The van der Waals surface area contributed by atoms with Crippen molar-refractivity contribution in [1.29, 1.82) is 0 Å². The van der Waals surface area contributed by atoms with Gasteiger partial charge in [-0.2, -0.15) is 0 Å². The van der Waals surface area contributed by atoms with E-state index in [4.69, 9.17) is 24.7 Å². The molecule has 118 valence electrons. The quantitative estimate of drug-likeness (QED) is 0.400. The summed E-state index contributed by atoms with van der Waals surface area (Å²) >= 11 is 0.